The highest BCUT2D eigenvalue weighted by atomic mass is 32.2. The van der Waals surface area contributed by atoms with Crippen molar-refractivity contribution >= 4 is 33.9 Å². The van der Waals surface area contributed by atoms with E-state index in [1.807, 2.05) is 17.8 Å². The summed E-state index contributed by atoms with van der Waals surface area (Å²) in [7, 11) is 3.20. The molecule has 0 heterocycles. The molecule has 1 atom stereocenters. The third-order valence-corrected chi connectivity index (χ3v) is 7.63. The summed E-state index contributed by atoms with van der Waals surface area (Å²) in [6.07, 6.45) is 13.5. The molecule has 0 fully saturated rings. The van der Waals surface area contributed by atoms with Gasteiger partial charge in [0.1, 0.15) is 17.2 Å². The van der Waals surface area contributed by atoms with Crippen molar-refractivity contribution in [3.63, 3.8) is 0 Å². The van der Waals surface area contributed by atoms with Gasteiger partial charge in [0, 0.05) is 10.8 Å². The number of benzene rings is 2. The zero-order valence-corrected chi connectivity index (χ0v) is 22.8. The number of nitrogens with zero attached hydrogens (tertiary/aromatic N) is 1. The second kappa shape index (κ2) is 15.7. The minimum Gasteiger partial charge on any atom is -0.496 e. The van der Waals surface area contributed by atoms with Gasteiger partial charge in [-0.2, -0.15) is 11.8 Å². The van der Waals surface area contributed by atoms with Crippen molar-refractivity contribution in [3.05, 3.63) is 40.3 Å². The Labute approximate surface area is 214 Å². The first-order chi connectivity index (χ1) is 17.0. The molecule has 0 aliphatic carbocycles. The van der Waals surface area contributed by atoms with E-state index in [2.05, 4.69) is 37.5 Å². The second-order valence-electron chi connectivity index (χ2n) is 9.14. The third kappa shape index (κ3) is 8.14. The number of hydrogen-bond acceptors (Lipinski definition) is 7. The first-order valence-corrected chi connectivity index (χ1v) is 13.8. The highest BCUT2D eigenvalue weighted by molar-refractivity contribution is 7.99. The van der Waals surface area contributed by atoms with Crippen LogP contribution in [-0.4, -0.2) is 25.2 Å². The van der Waals surface area contributed by atoms with Crippen LogP contribution >= 0.6 is 11.8 Å². The molecule has 0 aliphatic heterocycles. The van der Waals surface area contributed by atoms with E-state index in [4.69, 9.17) is 9.47 Å². The normalized spacial score (nSPS) is 11.8. The van der Waals surface area contributed by atoms with Crippen LogP contribution in [0.4, 0.5) is 11.4 Å². The van der Waals surface area contributed by atoms with Crippen LogP contribution in [0.1, 0.15) is 89.4 Å². The van der Waals surface area contributed by atoms with Gasteiger partial charge < -0.3 is 9.47 Å². The molecule has 35 heavy (non-hydrogen) atoms. The van der Waals surface area contributed by atoms with Gasteiger partial charge >= 0.3 is 0 Å². The average molecular weight is 503 g/mol. The van der Waals surface area contributed by atoms with Gasteiger partial charge in [0.05, 0.1) is 30.7 Å². The standard InChI is InChI=1S/C28H42N2O4S/c1-6-7-8-9-10-11-12-13-18-35-25(17-14-20(2)3)21-19-24(33-4)26-22(29-31)15-16-23(30-32)27(26)28(21)34-5/h14-16,19,25,29,31H,6-13,17-18H2,1-5H3. The summed E-state index contributed by atoms with van der Waals surface area (Å²) in [5.41, 5.74) is 5.13. The minimum atomic E-state index is 0.132. The quantitative estimate of drug-likeness (QED) is 0.0970. The number of ether oxygens (including phenoxy) is 2. The third-order valence-electron chi connectivity index (χ3n) is 6.25. The van der Waals surface area contributed by atoms with E-state index < -0.39 is 0 Å². The zero-order chi connectivity index (χ0) is 25.6. The average Bonchev–Trinajstić information content (AvgIpc) is 2.87. The van der Waals surface area contributed by atoms with Gasteiger partial charge in [-0.3, -0.25) is 10.7 Å². The maximum Gasteiger partial charge on any atom is 0.133 e. The molecule has 0 amide bonds. The van der Waals surface area contributed by atoms with Gasteiger partial charge in [0.25, 0.3) is 0 Å². The summed E-state index contributed by atoms with van der Waals surface area (Å²) in [4.78, 5) is 11.7. The highest BCUT2D eigenvalue weighted by Gasteiger charge is 2.24. The largest absolute Gasteiger partial charge is 0.496 e. The van der Waals surface area contributed by atoms with Gasteiger partial charge in [0.2, 0.25) is 0 Å². The van der Waals surface area contributed by atoms with E-state index in [-0.39, 0.29) is 10.9 Å². The number of anilines is 1. The monoisotopic (exact) mass is 502 g/mol. The lowest BCUT2D eigenvalue weighted by molar-refractivity contribution is 0.388. The van der Waals surface area contributed by atoms with Crippen molar-refractivity contribution in [2.75, 3.05) is 25.5 Å². The van der Waals surface area contributed by atoms with Gasteiger partial charge in [0.15, 0.2) is 0 Å². The van der Waals surface area contributed by atoms with Crippen molar-refractivity contribution in [1.29, 1.82) is 0 Å². The number of unbranched alkanes of at least 4 members (excludes halogenated alkanes) is 7. The van der Waals surface area contributed by atoms with Crippen LogP contribution in [0.3, 0.4) is 0 Å². The molecule has 0 aromatic heterocycles. The Balaban J connectivity index is 2.34. The van der Waals surface area contributed by atoms with E-state index in [9.17, 15) is 10.1 Å². The SMILES string of the molecule is CCCCCCCCCCSC(CC=C(C)C)c1cc(OC)c2c(NO)ccc(N=O)c2c1OC. The Hall–Kier alpha value is -2.25. The Morgan fingerprint density at radius 2 is 1.74 bits per heavy atom. The van der Waals surface area contributed by atoms with Crippen molar-refractivity contribution < 1.29 is 14.7 Å². The van der Waals surface area contributed by atoms with Crippen LogP contribution in [0, 0.1) is 4.91 Å². The van der Waals surface area contributed by atoms with Crippen molar-refractivity contribution in [2.45, 2.75) is 83.8 Å². The molecule has 2 rings (SSSR count). The molecule has 0 spiro atoms. The lowest BCUT2D eigenvalue weighted by Crippen LogP contribution is -2.03. The number of nitrogens with one attached hydrogen (secondary N) is 1. The van der Waals surface area contributed by atoms with E-state index in [0.29, 0.717) is 28.0 Å². The number of methoxy groups -OCH3 is 2. The molecule has 2 N–H and O–H groups in total. The Bertz CT molecular complexity index is 973. The van der Waals surface area contributed by atoms with Gasteiger partial charge in [-0.05, 0) is 55.8 Å². The lowest BCUT2D eigenvalue weighted by atomic mass is 9.97. The second-order valence-corrected chi connectivity index (χ2v) is 10.4. The van der Waals surface area contributed by atoms with E-state index in [1.165, 1.54) is 56.9 Å². The van der Waals surface area contributed by atoms with Crippen molar-refractivity contribution in [1.82, 2.24) is 0 Å². The molecule has 0 aliphatic rings. The van der Waals surface area contributed by atoms with Gasteiger partial charge in [-0.15, -0.1) is 4.91 Å². The maximum absolute atomic E-state index is 11.7. The minimum absolute atomic E-state index is 0.132. The molecule has 1 unspecified atom stereocenters. The molecule has 2 aromatic carbocycles. The fourth-order valence-corrected chi connectivity index (χ4v) is 5.62. The Morgan fingerprint density at radius 1 is 1.06 bits per heavy atom. The summed E-state index contributed by atoms with van der Waals surface area (Å²) < 4.78 is 11.6. The number of allylic oxidation sites excluding steroid dienone is 2. The van der Waals surface area contributed by atoms with Crippen molar-refractivity contribution in [3.8, 4) is 11.5 Å². The summed E-state index contributed by atoms with van der Waals surface area (Å²) in [5, 5.41) is 14.2. The number of thioether (sulfide) groups is 1. The highest BCUT2D eigenvalue weighted by Crippen LogP contribution is 2.50. The number of rotatable bonds is 17. The van der Waals surface area contributed by atoms with E-state index >= 15 is 0 Å². The zero-order valence-electron chi connectivity index (χ0n) is 22.0. The molecule has 7 heteroatoms. The number of fused-ring (bicyclic) bond motifs is 1. The number of hydrogen-bond donors (Lipinski definition) is 2. The predicted octanol–water partition coefficient (Wildman–Crippen LogP) is 9.33. The van der Waals surface area contributed by atoms with Gasteiger partial charge in [-0.1, -0.05) is 63.5 Å². The molecule has 0 radical (unpaired) electrons. The van der Waals surface area contributed by atoms with Crippen LogP contribution in [0.15, 0.2) is 35.0 Å². The predicted molar refractivity (Wildman–Crippen MR) is 150 cm³/mol. The Morgan fingerprint density at radius 3 is 2.31 bits per heavy atom. The molecule has 0 bridgehead atoms. The molecule has 194 valence electrons. The molecular formula is C28H42N2O4S. The summed E-state index contributed by atoms with van der Waals surface area (Å²) in [6.45, 7) is 6.46. The van der Waals surface area contributed by atoms with Crippen LogP contribution in [0.25, 0.3) is 10.8 Å². The number of nitroso groups, excluding NO2 is 1. The smallest absolute Gasteiger partial charge is 0.133 e. The molecule has 0 saturated carbocycles. The maximum atomic E-state index is 11.7. The molecule has 6 nitrogen and oxygen atoms in total. The van der Waals surface area contributed by atoms with Crippen molar-refractivity contribution in [2.24, 2.45) is 5.18 Å². The summed E-state index contributed by atoms with van der Waals surface area (Å²) in [6, 6.07) is 5.16. The van der Waals surface area contributed by atoms with E-state index in [1.54, 1.807) is 26.4 Å². The Kier molecular flexibility index (Phi) is 13.0. The van der Waals surface area contributed by atoms with Crippen LogP contribution in [-0.2, 0) is 0 Å². The topological polar surface area (TPSA) is 80.1 Å². The molecule has 2 aromatic rings. The fourth-order valence-electron chi connectivity index (χ4n) is 4.38. The van der Waals surface area contributed by atoms with Crippen LogP contribution < -0.4 is 15.0 Å². The van der Waals surface area contributed by atoms with Crippen LogP contribution in [0.5, 0.6) is 11.5 Å². The molecular weight excluding hydrogens is 460 g/mol. The van der Waals surface area contributed by atoms with E-state index in [0.717, 1.165) is 17.7 Å². The molecule has 0 saturated heterocycles. The first kappa shape index (κ1) is 29.0. The van der Waals surface area contributed by atoms with Gasteiger partial charge in [-0.25, -0.2) is 0 Å². The van der Waals surface area contributed by atoms with Crippen LogP contribution in [0.2, 0.25) is 0 Å². The summed E-state index contributed by atoms with van der Waals surface area (Å²) in [5.74, 6) is 2.22. The fraction of sp³-hybridized carbons (Fsp3) is 0.571. The summed E-state index contributed by atoms with van der Waals surface area (Å²) >= 11 is 1.92. The lowest BCUT2D eigenvalue weighted by Gasteiger charge is -2.23. The first-order valence-electron chi connectivity index (χ1n) is 12.7.